The van der Waals surface area contributed by atoms with Crippen molar-refractivity contribution in [1.82, 2.24) is 9.47 Å². The van der Waals surface area contributed by atoms with E-state index in [1.54, 1.807) is 24.9 Å². The third-order valence-corrected chi connectivity index (χ3v) is 5.05. The Morgan fingerprint density at radius 1 is 1.23 bits per heavy atom. The van der Waals surface area contributed by atoms with Gasteiger partial charge in [-0.15, -0.1) is 0 Å². The predicted octanol–water partition coefficient (Wildman–Crippen LogP) is 2.94. The summed E-state index contributed by atoms with van der Waals surface area (Å²) in [5.41, 5.74) is 4.59. The van der Waals surface area contributed by atoms with Gasteiger partial charge in [0.1, 0.15) is 5.69 Å². The topological polar surface area (TPSA) is 37.7 Å². The van der Waals surface area contributed by atoms with E-state index >= 15 is 0 Å². The zero-order valence-electron chi connectivity index (χ0n) is 16.2. The van der Waals surface area contributed by atoms with Gasteiger partial charge < -0.3 is 14.2 Å². The van der Waals surface area contributed by atoms with Crippen LogP contribution in [0.2, 0.25) is 0 Å². The lowest BCUT2D eigenvalue weighted by Crippen LogP contribution is -2.34. The van der Waals surface area contributed by atoms with Crippen molar-refractivity contribution >= 4 is 11.4 Å². The molecule has 0 bridgehead atoms. The molecular weight excluding hydrogens is 326 g/mol. The van der Waals surface area contributed by atoms with Crippen LogP contribution < -0.4 is 10.5 Å². The van der Waals surface area contributed by atoms with E-state index in [9.17, 15) is 4.79 Å². The van der Waals surface area contributed by atoms with Gasteiger partial charge in [0.2, 0.25) is 0 Å². The molecule has 1 aliphatic rings. The van der Waals surface area contributed by atoms with Crippen LogP contribution in [-0.2, 0) is 24.8 Å². The Kier molecular flexibility index (Phi) is 5.79. The molecule has 26 heavy (non-hydrogen) atoms. The molecule has 2 aromatic rings. The number of rotatable bonds is 6. The average Bonchev–Trinajstić information content (AvgIpc) is 2.63. The molecular formula is C21H29N3O2. The van der Waals surface area contributed by atoms with E-state index in [0.29, 0.717) is 0 Å². The predicted molar refractivity (Wildman–Crippen MR) is 106 cm³/mol. The maximum Gasteiger partial charge on any atom is 0.274 e. The Labute approximate surface area is 155 Å². The van der Waals surface area contributed by atoms with Gasteiger partial charge in [-0.3, -0.25) is 9.69 Å². The Morgan fingerprint density at radius 3 is 2.77 bits per heavy atom. The van der Waals surface area contributed by atoms with E-state index in [4.69, 9.17) is 4.74 Å². The zero-order chi connectivity index (χ0) is 18.7. The van der Waals surface area contributed by atoms with Gasteiger partial charge in [0.15, 0.2) is 0 Å². The van der Waals surface area contributed by atoms with Crippen molar-refractivity contribution in [2.45, 2.75) is 32.9 Å². The maximum atomic E-state index is 12.6. The molecule has 1 aromatic carbocycles. The Balaban J connectivity index is 1.94. The Morgan fingerprint density at radius 2 is 2.04 bits per heavy atom. The summed E-state index contributed by atoms with van der Waals surface area (Å²) in [5, 5.41) is 0. The average molecular weight is 355 g/mol. The highest BCUT2D eigenvalue weighted by Crippen LogP contribution is 2.29. The van der Waals surface area contributed by atoms with Crippen LogP contribution in [0.4, 0.5) is 11.4 Å². The van der Waals surface area contributed by atoms with Crippen LogP contribution in [0.5, 0.6) is 0 Å². The van der Waals surface area contributed by atoms with E-state index in [0.717, 1.165) is 44.0 Å². The normalized spacial score (nSPS) is 14.5. The van der Waals surface area contributed by atoms with E-state index in [2.05, 4.69) is 41.8 Å². The van der Waals surface area contributed by atoms with Crippen LogP contribution in [0.3, 0.4) is 0 Å². The molecule has 0 fully saturated rings. The lowest BCUT2D eigenvalue weighted by molar-refractivity contribution is 0.141. The third kappa shape index (κ3) is 3.84. The summed E-state index contributed by atoms with van der Waals surface area (Å²) in [4.78, 5) is 17.2. The number of aryl methyl sites for hydroxylation is 1. The van der Waals surface area contributed by atoms with Crippen molar-refractivity contribution < 1.29 is 4.74 Å². The summed E-state index contributed by atoms with van der Waals surface area (Å²) >= 11 is 0. The van der Waals surface area contributed by atoms with Gasteiger partial charge in [0.05, 0.1) is 6.61 Å². The summed E-state index contributed by atoms with van der Waals surface area (Å²) in [6.45, 7) is 7.96. The van der Waals surface area contributed by atoms with E-state index in [1.165, 1.54) is 11.1 Å². The van der Waals surface area contributed by atoms with Crippen LogP contribution in [0.15, 0.2) is 41.3 Å². The summed E-state index contributed by atoms with van der Waals surface area (Å²) < 4.78 is 6.86. The van der Waals surface area contributed by atoms with Crippen LogP contribution in [0.25, 0.3) is 0 Å². The molecule has 0 saturated heterocycles. The monoisotopic (exact) mass is 355 g/mol. The van der Waals surface area contributed by atoms with Gasteiger partial charge >= 0.3 is 0 Å². The maximum absolute atomic E-state index is 12.6. The molecule has 0 radical (unpaired) electrons. The molecule has 3 rings (SSSR count). The smallest absolute Gasteiger partial charge is 0.274 e. The second-order valence-corrected chi connectivity index (χ2v) is 7.25. The first kappa shape index (κ1) is 18.7. The second kappa shape index (κ2) is 8.06. The molecule has 1 aliphatic heterocycles. The fourth-order valence-corrected chi connectivity index (χ4v) is 3.64. The Bertz CT molecular complexity index is 813. The molecule has 0 amide bonds. The summed E-state index contributed by atoms with van der Waals surface area (Å²) in [7, 11) is 3.54. The standard InChI is InChI=1S/C21H29N3O2/c1-16(2)24(20-6-5-10-22(3)21(20)25)19-8-7-17-9-11-23(12-13-26-4)15-18(17)14-19/h5-8,10,14,16H,9,11-13,15H2,1-4H3. The lowest BCUT2D eigenvalue weighted by atomic mass is 9.98. The number of nitrogens with zero attached hydrogens (tertiary/aromatic N) is 3. The molecule has 0 N–H and O–H groups in total. The first-order valence-electron chi connectivity index (χ1n) is 9.29. The minimum atomic E-state index is 0.0284. The van der Waals surface area contributed by atoms with E-state index < -0.39 is 0 Å². The first-order chi connectivity index (χ1) is 12.5. The highest BCUT2D eigenvalue weighted by atomic mass is 16.5. The molecule has 0 unspecified atom stereocenters. The van der Waals surface area contributed by atoms with Crippen molar-refractivity contribution in [3.8, 4) is 0 Å². The first-order valence-corrected chi connectivity index (χ1v) is 9.29. The van der Waals surface area contributed by atoms with Crippen molar-refractivity contribution in [3.05, 3.63) is 58.0 Å². The SMILES string of the molecule is COCCN1CCc2ccc(N(c3cccn(C)c3=O)C(C)C)cc2C1. The van der Waals surface area contributed by atoms with Crippen LogP contribution in [0.1, 0.15) is 25.0 Å². The van der Waals surface area contributed by atoms with Gasteiger partial charge in [-0.1, -0.05) is 6.07 Å². The fourth-order valence-electron chi connectivity index (χ4n) is 3.64. The molecule has 5 heteroatoms. The molecule has 0 aliphatic carbocycles. The lowest BCUT2D eigenvalue weighted by Gasteiger charge is -2.32. The van der Waals surface area contributed by atoms with Crippen LogP contribution >= 0.6 is 0 Å². The van der Waals surface area contributed by atoms with Crippen molar-refractivity contribution in [1.29, 1.82) is 0 Å². The number of benzene rings is 1. The van der Waals surface area contributed by atoms with Crippen LogP contribution in [-0.4, -0.2) is 42.3 Å². The number of methoxy groups -OCH3 is 1. The summed E-state index contributed by atoms with van der Waals surface area (Å²) in [5.74, 6) is 0. The number of aromatic nitrogens is 1. The van der Waals surface area contributed by atoms with E-state index in [1.807, 2.05) is 12.1 Å². The molecule has 1 aromatic heterocycles. The molecule has 140 valence electrons. The van der Waals surface area contributed by atoms with Gasteiger partial charge in [-0.2, -0.15) is 0 Å². The van der Waals surface area contributed by atoms with Gasteiger partial charge in [0.25, 0.3) is 5.56 Å². The summed E-state index contributed by atoms with van der Waals surface area (Å²) in [6, 6.07) is 10.7. The van der Waals surface area contributed by atoms with Crippen molar-refractivity contribution in [2.24, 2.45) is 7.05 Å². The number of fused-ring (bicyclic) bond motifs is 1. The highest BCUT2D eigenvalue weighted by molar-refractivity contribution is 5.64. The largest absolute Gasteiger partial charge is 0.383 e. The number of ether oxygens (including phenoxy) is 1. The Hall–Kier alpha value is -2.11. The van der Waals surface area contributed by atoms with Gasteiger partial charge in [0, 0.05) is 51.7 Å². The number of anilines is 2. The van der Waals surface area contributed by atoms with E-state index in [-0.39, 0.29) is 11.6 Å². The number of pyridine rings is 1. The minimum absolute atomic E-state index is 0.0284. The molecule has 0 spiro atoms. The minimum Gasteiger partial charge on any atom is -0.383 e. The van der Waals surface area contributed by atoms with Gasteiger partial charge in [-0.25, -0.2) is 0 Å². The molecule has 2 heterocycles. The number of hydrogen-bond donors (Lipinski definition) is 0. The second-order valence-electron chi connectivity index (χ2n) is 7.25. The number of hydrogen-bond acceptors (Lipinski definition) is 4. The molecule has 5 nitrogen and oxygen atoms in total. The van der Waals surface area contributed by atoms with Gasteiger partial charge in [-0.05, 0) is 55.7 Å². The molecule has 0 saturated carbocycles. The fraction of sp³-hybridized carbons (Fsp3) is 0.476. The molecule has 0 atom stereocenters. The van der Waals surface area contributed by atoms with Crippen LogP contribution in [0, 0.1) is 0 Å². The summed E-state index contributed by atoms with van der Waals surface area (Å²) in [6.07, 6.45) is 2.86. The van der Waals surface area contributed by atoms with Crippen molar-refractivity contribution in [2.75, 3.05) is 31.7 Å². The highest BCUT2D eigenvalue weighted by Gasteiger charge is 2.21. The zero-order valence-corrected chi connectivity index (χ0v) is 16.2. The van der Waals surface area contributed by atoms with Crippen molar-refractivity contribution in [3.63, 3.8) is 0 Å². The quantitative estimate of drug-likeness (QED) is 0.798. The third-order valence-electron chi connectivity index (χ3n) is 5.05.